The normalized spacial score (nSPS) is 16.3. The standard InChI is InChI=1S/C26H30O/c1-6-21(24-10-8-9-23-19(5)11-15-25(23)24)14-12-20-13-16-26(27-18(3)4)22(7-2)17-20/h2,6,8-10,13,16-19H,11-12,14-15H2,1,3-5H3/b21-6+. The Bertz CT molecular complexity index is 880. The molecule has 0 heterocycles. The van der Waals surface area contributed by atoms with Crippen LogP contribution in [0.2, 0.25) is 0 Å². The van der Waals surface area contributed by atoms with E-state index in [1.54, 1.807) is 5.56 Å². The number of fused-ring (bicyclic) bond motifs is 1. The Morgan fingerprint density at radius 1 is 1.30 bits per heavy atom. The molecule has 0 aliphatic heterocycles. The molecule has 1 atom stereocenters. The Balaban J connectivity index is 1.77. The van der Waals surface area contributed by atoms with Gasteiger partial charge in [-0.05, 0) is 92.3 Å². The third kappa shape index (κ3) is 4.28. The van der Waals surface area contributed by atoms with E-state index in [0.29, 0.717) is 5.92 Å². The van der Waals surface area contributed by atoms with Crippen LogP contribution in [0, 0.1) is 12.3 Å². The first-order chi connectivity index (χ1) is 13.0. The predicted molar refractivity (Wildman–Crippen MR) is 115 cm³/mol. The van der Waals surface area contributed by atoms with E-state index in [2.05, 4.69) is 56.2 Å². The Kier molecular flexibility index (Phi) is 6.07. The first-order valence-corrected chi connectivity index (χ1v) is 10.1. The van der Waals surface area contributed by atoms with Crippen molar-refractivity contribution in [3.63, 3.8) is 0 Å². The van der Waals surface area contributed by atoms with Crippen molar-refractivity contribution in [1.29, 1.82) is 0 Å². The number of terminal acetylenes is 1. The van der Waals surface area contributed by atoms with Gasteiger partial charge in [-0.1, -0.05) is 43.2 Å². The van der Waals surface area contributed by atoms with Gasteiger partial charge in [0.2, 0.25) is 0 Å². The minimum absolute atomic E-state index is 0.125. The van der Waals surface area contributed by atoms with Crippen molar-refractivity contribution in [3.8, 4) is 18.1 Å². The molecule has 0 amide bonds. The van der Waals surface area contributed by atoms with Crippen LogP contribution in [0.25, 0.3) is 5.57 Å². The van der Waals surface area contributed by atoms with Crippen LogP contribution in [0.1, 0.15) is 74.3 Å². The summed E-state index contributed by atoms with van der Waals surface area (Å²) in [5.41, 5.74) is 8.08. The van der Waals surface area contributed by atoms with E-state index in [4.69, 9.17) is 11.2 Å². The van der Waals surface area contributed by atoms with Gasteiger partial charge in [0.05, 0.1) is 11.7 Å². The zero-order chi connectivity index (χ0) is 19.4. The molecule has 2 aromatic carbocycles. The fraction of sp³-hybridized carbons (Fsp3) is 0.385. The van der Waals surface area contributed by atoms with Crippen LogP contribution in [0.5, 0.6) is 5.75 Å². The minimum Gasteiger partial charge on any atom is -0.490 e. The van der Waals surface area contributed by atoms with Crippen molar-refractivity contribution in [3.05, 3.63) is 70.3 Å². The van der Waals surface area contributed by atoms with Gasteiger partial charge in [-0.25, -0.2) is 0 Å². The van der Waals surface area contributed by atoms with Gasteiger partial charge in [0, 0.05) is 0 Å². The molecule has 1 nitrogen and oxygen atoms in total. The number of hydrogen-bond donors (Lipinski definition) is 0. The zero-order valence-electron chi connectivity index (χ0n) is 17.0. The van der Waals surface area contributed by atoms with Gasteiger partial charge in [-0.2, -0.15) is 0 Å². The third-order valence-electron chi connectivity index (χ3n) is 5.51. The van der Waals surface area contributed by atoms with E-state index >= 15 is 0 Å². The number of aryl methyl sites for hydroxylation is 1. The molecule has 0 bridgehead atoms. The van der Waals surface area contributed by atoms with E-state index in [9.17, 15) is 0 Å². The van der Waals surface area contributed by atoms with Gasteiger partial charge in [-0.3, -0.25) is 0 Å². The molecule has 0 fully saturated rings. The highest BCUT2D eigenvalue weighted by Crippen LogP contribution is 2.38. The summed E-state index contributed by atoms with van der Waals surface area (Å²) in [5, 5.41) is 0. The van der Waals surface area contributed by atoms with Crippen LogP contribution in [0.15, 0.2) is 42.5 Å². The summed E-state index contributed by atoms with van der Waals surface area (Å²) < 4.78 is 5.81. The maximum absolute atomic E-state index is 5.81. The SMILES string of the molecule is C#Cc1cc(CC/C(=C\C)c2cccc3c2CCC3C)ccc1OC(C)C. The molecule has 3 rings (SSSR count). The molecule has 27 heavy (non-hydrogen) atoms. The molecule has 2 aromatic rings. The fourth-order valence-corrected chi connectivity index (χ4v) is 4.08. The molecule has 1 aliphatic carbocycles. The Morgan fingerprint density at radius 3 is 2.81 bits per heavy atom. The van der Waals surface area contributed by atoms with Crippen LogP contribution in [0.3, 0.4) is 0 Å². The third-order valence-corrected chi connectivity index (χ3v) is 5.51. The Labute approximate surface area is 164 Å². The highest BCUT2D eigenvalue weighted by Gasteiger charge is 2.21. The van der Waals surface area contributed by atoms with Crippen molar-refractivity contribution in [2.75, 3.05) is 0 Å². The molecule has 1 heteroatoms. The lowest BCUT2D eigenvalue weighted by Gasteiger charge is -2.15. The van der Waals surface area contributed by atoms with Crippen molar-refractivity contribution in [1.82, 2.24) is 0 Å². The van der Waals surface area contributed by atoms with E-state index in [0.717, 1.165) is 24.2 Å². The first kappa shape index (κ1) is 19.3. The average molecular weight is 359 g/mol. The maximum Gasteiger partial charge on any atom is 0.135 e. The van der Waals surface area contributed by atoms with Crippen molar-refractivity contribution >= 4 is 5.57 Å². The highest BCUT2D eigenvalue weighted by molar-refractivity contribution is 5.70. The Hall–Kier alpha value is -2.46. The van der Waals surface area contributed by atoms with Crippen molar-refractivity contribution < 1.29 is 4.74 Å². The molecule has 0 saturated carbocycles. The average Bonchev–Trinajstić information content (AvgIpc) is 3.04. The fourth-order valence-electron chi connectivity index (χ4n) is 4.08. The van der Waals surface area contributed by atoms with E-state index < -0.39 is 0 Å². The highest BCUT2D eigenvalue weighted by atomic mass is 16.5. The molecule has 0 aromatic heterocycles. The summed E-state index contributed by atoms with van der Waals surface area (Å²) in [6.45, 7) is 8.53. The second kappa shape index (κ2) is 8.49. The topological polar surface area (TPSA) is 9.23 Å². The van der Waals surface area contributed by atoms with Gasteiger partial charge in [0.1, 0.15) is 5.75 Å². The minimum atomic E-state index is 0.125. The molecule has 1 unspecified atom stereocenters. The molecular weight excluding hydrogens is 328 g/mol. The van der Waals surface area contributed by atoms with Gasteiger partial charge in [0.25, 0.3) is 0 Å². The van der Waals surface area contributed by atoms with E-state index in [1.165, 1.54) is 35.1 Å². The number of ether oxygens (including phenoxy) is 1. The van der Waals surface area contributed by atoms with Crippen LogP contribution >= 0.6 is 0 Å². The Morgan fingerprint density at radius 2 is 2.11 bits per heavy atom. The largest absolute Gasteiger partial charge is 0.490 e. The van der Waals surface area contributed by atoms with Crippen LogP contribution < -0.4 is 4.74 Å². The van der Waals surface area contributed by atoms with Gasteiger partial charge in [0.15, 0.2) is 0 Å². The second-order valence-corrected chi connectivity index (χ2v) is 7.77. The first-order valence-electron chi connectivity index (χ1n) is 10.1. The molecule has 1 aliphatic rings. The lowest BCUT2D eigenvalue weighted by molar-refractivity contribution is 0.241. The predicted octanol–water partition coefficient (Wildman–Crippen LogP) is 6.54. The summed E-state index contributed by atoms with van der Waals surface area (Å²) in [5.74, 6) is 4.26. The summed E-state index contributed by atoms with van der Waals surface area (Å²) in [7, 11) is 0. The van der Waals surface area contributed by atoms with Crippen molar-refractivity contribution in [2.24, 2.45) is 0 Å². The molecule has 0 radical (unpaired) electrons. The molecule has 0 spiro atoms. The monoisotopic (exact) mass is 358 g/mol. The number of benzene rings is 2. The summed E-state index contributed by atoms with van der Waals surface area (Å²) in [6, 6.07) is 13.1. The van der Waals surface area contributed by atoms with Gasteiger partial charge >= 0.3 is 0 Å². The number of allylic oxidation sites excluding steroid dienone is 2. The number of rotatable bonds is 6. The van der Waals surface area contributed by atoms with Crippen LogP contribution in [-0.4, -0.2) is 6.10 Å². The number of hydrogen-bond acceptors (Lipinski definition) is 1. The molecule has 140 valence electrons. The molecule has 0 saturated heterocycles. The summed E-state index contributed by atoms with van der Waals surface area (Å²) in [4.78, 5) is 0. The quantitative estimate of drug-likeness (QED) is 0.533. The summed E-state index contributed by atoms with van der Waals surface area (Å²) >= 11 is 0. The molecule has 0 N–H and O–H groups in total. The molecular formula is C26H30O. The maximum atomic E-state index is 5.81. The van der Waals surface area contributed by atoms with Gasteiger partial charge < -0.3 is 4.74 Å². The lowest BCUT2D eigenvalue weighted by Crippen LogP contribution is -2.07. The second-order valence-electron chi connectivity index (χ2n) is 7.77. The van der Waals surface area contributed by atoms with Crippen molar-refractivity contribution in [2.45, 2.75) is 65.4 Å². The summed E-state index contributed by atoms with van der Waals surface area (Å²) in [6.07, 6.45) is 12.6. The zero-order valence-corrected chi connectivity index (χ0v) is 17.0. The van der Waals surface area contributed by atoms with Crippen LogP contribution in [0.4, 0.5) is 0 Å². The van der Waals surface area contributed by atoms with Gasteiger partial charge in [-0.15, -0.1) is 6.42 Å². The van der Waals surface area contributed by atoms with Crippen LogP contribution in [-0.2, 0) is 12.8 Å². The van der Waals surface area contributed by atoms with E-state index in [-0.39, 0.29) is 6.10 Å². The smallest absolute Gasteiger partial charge is 0.135 e. The van der Waals surface area contributed by atoms with E-state index in [1.807, 2.05) is 19.9 Å². The lowest BCUT2D eigenvalue weighted by atomic mass is 9.91.